The van der Waals surface area contributed by atoms with Crippen LogP contribution in [0.4, 0.5) is 0 Å². The van der Waals surface area contributed by atoms with Gasteiger partial charge in [-0.15, -0.1) is 12.4 Å². The average Bonchev–Trinajstić information content (AvgIpc) is 2.54. The van der Waals surface area contributed by atoms with Crippen molar-refractivity contribution in [1.29, 1.82) is 0 Å². The SMILES string of the molecule is Cc1nc(C)c(C(=O)NNC(=O)C[N+](C)(C)C)cc1C(=O)NNC(=O)C[N+](C)(C)C.Cl. The summed E-state index contributed by atoms with van der Waals surface area (Å²) in [7, 11) is 11.1. The van der Waals surface area contributed by atoms with Crippen molar-refractivity contribution >= 4 is 36.0 Å². The Morgan fingerprint density at radius 3 is 1.32 bits per heavy atom. The van der Waals surface area contributed by atoms with Gasteiger partial charge in [-0.3, -0.25) is 45.9 Å². The van der Waals surface area contributed by atoms with Crippen molar-refractivity contribution in [2.24, 2.45) is 0 Å². The number of nitrogens with zero attached hydrogens (tertiary/aromatic N) is 3. The number of rotatable bonds is 6. The number of likely N-dealkylation sites (N-methyl/N-ethyl adjacent to an activating group) is 2. The summed E-state index contributed by atoms with van der Waals surface area (Å²) in [4.78, 5) is 53.0. The zero-order valence-corrected chi connectivity index (χ0v) is 20.2. The van der Waals surface area contributed by atoms with Crippen molar-refractivity contribution in [3.63, 3.8) is 0 Å². The molecule has 1 aromatic heterocycles. The number of hydrogen-bond acceptors (Lipinski definition) is 5. The molecule has 0 saturated carbocycles. The second kappa shape index (κ2) is 11.0. The number of aromatic nitrogens is 1. The van der Waals surface area contributed by atoms with Gasteiger partial charge in [-0.2, -0.15) is 0 Å². The van der Waals surface area contributed by atoms with E-state index in [0.717, 1.165) is 0 Å². The van der Waals surface area contributed by atoms with Gasteiger partial charge in [0.1, 0.15) is 0 Å². The predicted octanol–water partition coefficient (Wildman–Crippen LogP) is -0.945. The van der Waals surface area contributed by atoms with E-state index < -0.39 is 11.8 Å². The molecule has 4 N–H and O–H groups in total. The minimum Gasteiger partial charge on any atom is -0.323 e. The minimum absolute atomic E-state index is 0. The molecule has 0 saturated heterocycles. The van der Waals surface area contributed by atoms with Crippen molar-refractivity contribution in [2.75, 3.05) is 55.4 Å². The van der Waals surface area contributed by atoms with E-state index in [0.29, 0.717) is 20.4 Å². The molecular weight excluding hydrogens is 426 g/mol. The van der Waals surface area contributed by atoms with Gasteiger partial charge in [0.05, 0.1) is 64.8 Å². The Bertz CT molecular complexity index is 780. The fourth-order valence-corrected chi connectivity index (χ4v) is 2.51. The van der Waals surface area contributed by atoms with Gasteiger partial charge in [-0.05, 0) is 19.9 Å². The molecule has 0 aliphatic carbocycles. The van der Waals surface area contributed by atoms with Crippen molar-refractivity contribution in [1.82, 2.24) is 26.7 Å². The molecule has 0 aromatic carbocycles. The topological polar surface area (TPSA) is 129 Å². The Labute approximate surface area is 189 Å². The first-order valence-electron chi connectivity index (χ1n) is 9.36. The average molecular weight is 460 g/mol. The first-order chi connectivity index (χ1) is 13.6. The van der Waals surface area contributed by atoms with Crippen LogP contribution in [-0.2, 0) is 9.59 Å². The molecule has 31 heavy (non-hydrogen) atoms. The quantitative estimate of drug-likeness (QED) is 0.322. The highest BCUT2D eigenvalue weighted by Gasteiger charge is 2.20. The number of hydrazine groups is 2. The van der Waals surface area contributed by atoms with E-state index >= 15 is 0 Å². The monoisotopic (exact) mass is 459 g/mol. The highest BCUT2D eigenvalue weighted by molar-refractivity contribution is 6.01. The number of aryl methyl sites for hydroxylation is 2. The summed E-state index contributed by atoms with van der Waals surface area (Å²) in [6.45, 7) is 3.60. The molecule has 4 amide bonds. The lowest BCUT2D eigenvalue weighted by atomic mass is 10.1. The molecular formula is C19H34ClN7O4+2. The maximum Gasteiger partial charge on any atom is 0.293 e. The van der Waals surface area contributed by atoms with Gasteiger partial charge in [0.2, 0.25) is 0 Å². The zero-order valence-electron chi connectivity index (χ0n) is 19.4. The molecule has 12 heteroatoms. The Kier molecular flexibility index (Phi) is 10.0. The number of quaternary nitrogens is 2. The third-order valence-corrected chi connectivity index (χ3v) is 3.76. The van der Waals surface area contributed by atoms with E-state index in [9.17, 15) is 19.2 Å². The zero-order chi connectivity index (χ0) is 23.3. The third-order valence-electron chi connectivity index (χ3n) is 3.76. The maximum absolute atomic E-state index is 12.5. The predicted molar refractivity (Wildman–Crippen MR) is 118 cm³/mol. The fraction of sp³-hybridized carbons (Fsp3) is 0.526. The molecule has 0 unspecified atom stereocenters. The van der Waals surface area contributed by atoms with Crippen LogP contribution in [0.5, 0.6) is 0 Å². The number of halogens is 1. The van der Waals surface area contributed by atoms with E-state index in [1.165, 1.54) is 6.07 Å². The van der Waals surface area contributed by atoms with E-state index in [4.69, 9.17) is 0 Å². The lowest BCUT2D eigenvalue weighted by Gasteiger charge is -2.23. The molecule has 0 bridgehead atoms. The van der Waals surface area contributed by atoms with Crippen molar-refractivity contribution in [3.8, 4) is 0 Å². The summed E-state index contributed by atoms with van der Waals surface area (Å²) < 4.78 is 0.800. The largest absolute Gasteiger partial charge is 0.323 e. The lowest BCUT2D eigenvalue weighted by Crippen LogP contribution is -2.50. The van der Waals surface area contributed by atoms with Crippen molar-refractivity contribution in [3.05, 3.63) is 28.6 Å². The van der Waals surface area contributed by atoms with Gasteiger partial charge in [-0.25, -0.2) is 0 Å². The Morgan fingerprint density at radius 2 is 1.03 bits per heavy atom. The molecule has 1 rings (SSSR count). The van der Waals surface area contributed by atoms with Gasteiger partial charge in [0.15, 0.2) is 13.1 Å². The number of carbonyl (C=O) groups is 4. The molecule has 0 aliphatic heterocycles. The molecule has 1 heterocycles. The van der Waals surface area contributed by atoms with Crippen LogP contribution in [0.3, 0.4) is 0 Å². The van der Waals surface area contributed by atoms with Crippen LogP contribution >= 0.6 is 12.4 Å². The molecule has 0 radical (unpaired) electrons. The number of pyridine rings is 1. The van der Waals surface area contributed by atoms with Crippen LogP contribution < -0.4 is 21.7 Å². The second-order valence-corrected chi connectivity index (χ2v) is 9.16. The Balaban J connectivity index is 0.00000900. The third kappa shape index (κ3) is 10.2. The van der Waals surface area contributed by atoms with Gasteiger partial charge < -0.3 is 8.97 Å². The highest BCUT2D eigenvalue weighted by Crippen LogP contribution is 2.12. The fourth-order valence-electron chi connectivity index (χ4n) is 2.51. The summed E-state index contributed by atoms with van der Waals surface area (Å²) in [5.41, 5.74) is 10.4. The lowest BCUT2D eigenvalue weighted by molar-refractivity contribution is -0.862. The molecule has 0 atom stereocenters. The standard InChI is InChI=1S/C19H31N7O4.ClH/c1-12-14(18(29)23-21-16(27)10-25(3,4)5)9-15(13(2)20-12)19(30)24-22-17(28)11-26(6,7)8;/h9H,10-11H2,1-8H3,(H2-2,21,22,23,24,27,28,29,30);1H/p+2. The van der Waals surface area contributed by atoms with Gasteiger partial charge in [0.25, 0.3) is 23.6 Å². The first-order valence-corrected chi connectivity index (χ1v) is 9.36. The number of amides is 4. The molecule has 174 valence electrons. The van der Waals surface area contributed by atoms with Crippen molar-refractivity contribution in [2.45, 2.75) is 13.8 Å². The van der Waals surface area contributed by atoms with E-state index in [1.807, 2.05) is 42.3 Å². The Hall–Kier alpha value is -2.76. The minimum atomic E-state index is -0.599. The molecule has 11 nitrogen and oxygen atoms in total. The summed E-state index contributed by atoms with van der Waals surface area (Å²) in [5.74, 6) is -1.91. The summed E-state index contributed by atoms with van der Waals surface area (Å²) in [5, 5.41) is 0. The van der Waals surface area contributed by atoms with Crippen LogP contribution in [0.2, 0.25) is 0 Å². The maximum atomic E-state index is 12.5. The van der Waals surface area contributed by atoms with Crippen LogP contribution in [-0.4, -0.2) is 93.0 Å². The normalized spacial score (nSPS) is 11.1. The van der Waals surface area contributed by atoms with Gasteiger partial charge in [0, 0.05) is 0 Å². The summed E-state index contributed by atoms with van der Waals surface area (Å²) >= 11 is 0. The summed E-state index contributed by atoms with van der Waals surface area (Å²) in [6, 6.07) is 1.38. The Morgan fingerprint density at radius 1 is 0.710 bits per heavy atom. The molecule has 0 spiro atoms. The van der Waals surface area contributed by atoms with E-state index in [1.54, 1.807) is 13.8 Å². The number of carbonyl (C=O) groups excluding carboxylic acids is 4. The summed E-state index contributed by atoms with van der Waals surface area (Å²) in [6.07, 6.45) is 0. The van der Waals surface area contributed by atoms with Crippen LogP contribution in [0.25, 0.3) is 0 Å². The molecule has 1 aromatic rings. The second-order valence-electron chi connectivity index (χ2n) is 9.16. The molecule has 0 aliphatic rings. The van der Waals surface area contributed by atoms with Crippen LogP contribution in [0, 0.1) is 13.8 Å². The number of hydrogen-bond donors (Lipinski definition) is 4. The van der Waals surface area contributed by atoms with Gasteiger partial charge in [-0.1, -0.05) is 0 Å². The van der Waals surface area contributed by atoms with Crippen LogP contribution in [0.1, 0.15) is 32.1 Å². The number of nitrogens with one attached hydrogen (secondary N) is 4. The van der Waals surface area contributed by atoms with E-state index in [2.05, 4.69) is 26.7 Å². The first kappa shape index (κ1) is 28.2. The smallest absolute Gasteiger partial charge is 0.293 e. The highest BCUT2D eigenvalue weighted by atomic mass is 35.5. The van der Waals surface area contributed by atoms with E-state index in [-0.39, 0.29) is 48.4 Å². The molecule has 0 fully saturated rings. The van der Waals surface area contributed by atoms with Crippen LogP contribution in [0.15, 0.2) is 6.07 Å². The van der Waals surface area contributed by atoms with Gasteiger partial charge >= 0.3 is 0 Å². The van der Waals surface area contributed by atoms with Crippen molar-refractivity contribution < 1.29 is 28.1 Å².